The molecular weight excluding hydrogens is 113 g/mol. The van der Waals surface area contributed by atoms with Crippen molar-refractivity contribution < 1.29 is 0 Å². The molecule has 0 spiro atoms. The van der Waals surface area contributed by atoms with Crippen molar-refractivity contribution in [1.29, 1.82) is 0 Å². The molecule has 1 heterocycles. The van der Waals surface area contributed by atoms with Gasteiger partial charge < -0.3 is 0 Å². The Morgan fingerprint density at radius 1 is 1.50 bits per heavy atom. The second-order valence-corrected chi connectivity index (χ2v) is 1.43. The third-order valence-corrected chi connectivity index (χ3v) is 0.869. The summed E-state index contributed by atoms with van der Waals surface area (Å²) in [5.74, 6) is 0. The minimum Gasteiger partial charge on any atom is -0.253 e. The van der Waals surface area contributed by atoms with E-state index >= 15 is 0 Å². The maximum Gasteiger partial charge on any atom is 0.0791 e. The summed E-state index contributed by atoms with van der Waals surface area (Å²) in [5, 5.41) is 1.93. The highest BCUT2D eigenvalue weighted by Gasteiger charge is 1.59. The van der Waals surface area contributed by atoms with Crippen LogP contribution in [-0.2, 0) is 0 Å². The van der Waals surface area contributed by atoms with Gasteiger partial charge in [0, 0.05) is 11.6 Å². The summed E-state index contributed by atoms with van der Waals surface area (Å²) in [6, 6.07) is 0. The van der Waals surface area contributed by atoms with Gasteiger partial charge in [0.1, 0.15) is 0 Å². The number of nitrogens with zero attached hydrogens (tertiary/aromatic N) is 1. The predicted octanol–water partition coefficient (Wildman–Crippen LogP) is 1.20. The molecule has 0 saturated carbocycles. The third-order valence-electron chi connectivity index (χ3n) is 0.347. The van der Waals surface area contributed by atoms with Gasteiger partial charge in [0.15, 0.2) is 0 Å². The number of hydrogen-bond donors (Lipinski definition) is 0. The topological polar surface area (TPSA) is 12.9 Å². The Balaban J connectivity index is 0.000000250. The molecule has 1 aromatic heterocycles. The average molecular weight is 119 g/mol. The van der Waals surface area contributed by atoms with E-state index in [0.29, 0.717) is 0 Å². The lowest BCUT2D eigenvalue weighted by atomic mass is 11.0. The maximum atomic E-state index is 3.74. The van der Waals surface area contributed by atoms with Crippen molar-refractivity contribution in [3.05, 3.63) is 17.1 Å². The quantitative estimate of drug-likeness (QED) is 0.467. The van der Waals surface area contributed by atoms with E-state index in [1.54, 1.807) is 23.0 Å². The van der Waals surface area contributed by atoms with E-state index in [1.165, 1.54) is 0 Å². The van der Waals surface area contributed by atoms with Crippen molar-refractivity contribution in [1.82, 2.24) is 4.98 Å². The van der Waals surface area contributed by atoms with Gasteiger partial charge in [-0.15, -0.1) is 11.3 Å². The van der Waals surface area contributed by atoms with Crippen LogP contribution < -0.4 is 0 Å². The molecule has 1 unspecified atom stereocenters. The van der Waals surface area contributed by atoms with Crippen molar-refractivity contribution >= 4 is 21.2 Å². The van der Waals surface area contributed by atoms with Crippen molar-refractivity contribution in [3.63, 3.8) is 0 Å². The number of rotatable bonds is 0. The Morgan fingerprint density at radius 3 is 2.50 bits per heavy atom. The second-order valence-electron chi connectivity index (χ2n) is 0.676. The van der Waals surface area contributed by atoms with Crippen LogP contribution >= 0.6 is 21.2 Å². The molecule has 0 aromatic carbocycles. The summed E-state index contributed by atoms with van der Waals surface area (Å²) in [6.07, 6.45) is 1.77. The van der Waals surface area contributed by atoms with Gasteiger partial charge in [-0.1, -0.05) is 0 Å². The molecule has 0 bridgehead atoms. The van der Waals surface area contributed by atoms with Gasteiger partial charge in [0.2, 0.25) is 0 Å². The SMILES string of the molecule is P.c1cscn1. The summed E-state index contributed by atoms with van der Waals surface area (Å²) < 4.78 is 0. The molecule has 6 heavy (non-hydrogen) atoms. The molecule has 0 aliphatic heterocycles. The zero-order valence-electron chi connectivity index (χ0n) is 3.29. The van der Waals surface area contributed by atoms with Crippen LogP contribution in [0.5, 0.6) is 0 Å². The van der Waals surface area contributed by atoms with Gasteiger partial charge in [-0.2, -0.15) is 9.90 Å². The van der Waals surface area contributed by atoms with Crippen molar-refractivity contribution in [3.8, 4) is 0 Å². The number of hydrogen-bond acceptors (Lipinski definition) is 2. The van der Waals surface area contributed by atoms with Crippen LogP contribution in [0.2, 0.25) is 0 Å². The van der Waals surface area contributed by atoms with Gasteiger partial charge in [0.05, 0.1) is 5.51 Å². The standard InChI is InChI=1S/C3H3NS.H3P/c1-2-5-3-4-1;/h1-3H;1H3. The van der Waals surface area contributed by atoms with Crippen LogP contribution in [0.15, 0.2) is 17.1 Å². The highest BCUT2D eigenvalue weighted by atomic mass is 32.1. The van der Waals surface area contributed by atoms with Gasteiger partial charge in [-0.05, 0) is 0 Å². The van der Waals surface area contributed by atoms with E-state index in [2.05, 4.69) is 4.98 Å². The Morgan fingerprint density at radius 2 is 2.33 bits per heavy atom. The van der Waals surface area contributed by atoms with Crippen LogP contribution in [0.3, 0.4) is 0 Å². The van der Waals surface area contributed by atoms with Gasteiger partial charge in [-0.3, -0.25) is 4.98 Å². The highest BCUT2D eigenvalue weighted by molar-refractivity contribution is 7.07. The molecule has 0 amide bonds. The first-order valence-corrected chi connectivity index (χ1v) is 2.26. The zero-order chi connectivity index (χ0) is 3.54. The summed E-state index contributed by atoms with van der Waals surface area (Å²) in [7, 11) is 0. The molecule has 0 saturated heterocycles. The van der Waals surface area contributed by atoms with Crippen LogP contribution in [0.4, 0.5) is 0 Å². The molecule has 1 aromatic rings. The van der Waals surface area contributed by atoms with Gasteiger partial charge in [0.25, 0.3) is 0 Å². The van der Waals surface area contributed by atoms with Crippen LogP contribution in [0.25, 0.3) is 0 Å². The first kappa shape index (κ1) is 6.06. The third kappa shape index (κ3) is 1.48. The van der Waals surface area contributed by atoms with Crippen LogP contribution in [-0.4, -0.2) is 4.98 Å². The molecular formula is C3H6NPS. The molecule has 1 atom stereocenters. The molecule has 0 aliphatic rings. The van der Waals surface area contributed by atoms with E-state index in [-0.39, 0.29) is 9.90 Å². The number of aromatic nitrogens is 1. The Bertz CT molecular complexity index is 67.3. The van der Waals surface area contributed by atoms with Crippen LogP contribution in [0, 0.1) is 0 Å². The largest absolute Gasteiger partial charge is 0.253 e. The first-order valence-electron chi connectivity index (χ1n) is 1.32. The van der Waals surface area contributed by atoms with Crippen molar-refractivity contribution in [2.45, 2.75) is 0 Å². The lowest BCUT2D eigenvalue weighted by Gasteiger charge is -1.41. The predicted molar refractivity (Wildman–Crippen MR) is 33.2 cm³/mol. The van der Waals surface area contributed by atoms with E-state index in [1.807, 2.05) is 5.38 Å². The Kier molecular flexibility index (Phi) is 3.29. The fraction of sp³-hybridized carbons (Fsp3) is 0. The van der Waals surface area contributed by atoms with Gasteiger partial charge >= 0.3 is 0 Å². The normalized spacial score (nSPS) is 6.67. The highest BCUT2D eigenvalue weighted by Crippen LogP contribution is 1.85. The fourth-order valence-electron chi connectivity index (χ4n) is 0.176. The monoisotopic (exact) mass is 119 g/mol. The van der Waals surface area contributed by atoms with Crippen LogP contribution in [0.1, 0.15) is 0 Å². The summed E-state index contributed by atoms with van der Waals surface area (Å²) in [5.41, 5.74) is 1.79. The summed E-state index contributed by atoms with van der Waals surface area (Å²) >= 11 is 1.60. The zero-order valence-corrected chi connectivity index (χ0v) is 5.53. The smallest absolute Gasteiger partial charge is 0.0791 e. The maximum absolute atomic E-state index is 3.74. The first-order chi connectivity index (χ1) is 2.50. The van der Waals surface area contributed by atoms with E-state index in [4.69, 9.17) is 0 Å². The molecule has 0 radical (unpaired) electrons. The summed E-state index contributed by atoms with van der Waals surface area (Å²) in [4.78, 5) is 3.74. The minimum absolute atomic E-state index is 0. The van der Waals surface area contributed by atoms with E-state index in [0.717, 1.165) is 0 Å². The van der Waals surface area contributed by atoms with E-state index in [9.17, 15) is 0 Å². The second kappa shape index (κ2) is 3.26. The lowest BCUT2D eigenvalue weighted by Crippen LogP contribution is -1.38. The molecule has 0 N–H and O–H groups in total. The summed E-state index contributed by atoms with van der Waals surface area (Å²) in [6.45, 7) is 0. The Labute approximate surface area is 44.0 Å². The molecule has 3 heteroatoms. The molecule has 1 rings (SSSR count). The minimum atomic E-state index is 0. The number of thiazole rings is 1. The Hall–Kier alpha value is 0.0600. The van der Waals surface area contributed by atoms with Crippen molar-refractivity contribution in [2.24, 2.45) is 0 Å². The molecule has 1 nitrogen and oxygen atoms in total. The molecule has 0 aliphatic carbocycles. The van der Waals surface area contributed by atoms with Gasteiger partial charge in [-0.25, -0.2) is 0 Å². The van der Waals surface area contributed by atoms with E-state index < -0.39 is 0 Å². The lowest BCUT2D eigenvalue weighted by molar-refractivity contribution is 1.43. The molecule has 34 valence electrons. The molecule has 0 fully saturated rings. The fourth-order valence-corrected chi connectivity index (χ4v) is 0.527. The van der Waals surface area contributed by atoms with Crippen molar-refractivity contribution in [2.75, 3.05) is 0 Å². The average Bonchev–Trinajstić information content (AvgIpc) is 1.76.